The highest BCUT2D eigenvalue weighted by Crippen LogP contribution is 2.59. The van der Waals surface area contributed by atoms with E-state index in [2.05, 4.69) is 5.32 Å². The fraction of sp³-hybridized carbons (Fsp3) is 0.417. The van der Waals surface area contributed by atoms with Crippen molar-refractivity contribution in [2.45, 2.75) is 31.0 Å². The summed E-state index contributed by atoms with van der Waals surface area (Å²) in [5.41, 5.74) is -0.319. The van der Waals surface area contributed by atoms with Crippen LogP contribution in [0.3, 0.4) is 0 Å². The van der Waals surface area contributed by atoms with Crippen LogP contribution in [0.25, 0.3) is 0 Å². The van der Waals surface area contributed by atoms with E-state index < -0.39 is 11.6 Å². The average Bonchev–Trinajstić information content (AvgIpc) is 3.00. The lowest BCUT2D eigenvalue weighted by molar-refractivity contribution is -0.160. The van der Waals surface area contributed by atoms with Crippen LogP contribution in [0.5, 0.6) is 0 Å². The van der Waals surface area contributed by atoms with Gasteiger partial charge < -0.3 is 5.32 Å². The largest absolute Gasteiger partial charge is 0.398 e. The van der Waals surface area contributed by atoms with E-state index in [0.717, 1.165) is 5.56 Å². The van der Waals surface area contributed by atoms with Gasteiger partial charge >= 0.3 is 6.18 Å². The molecule has 1 heterocycles. The maximum Gasteiger partial charge on any atom is 0.398 e. The molecule has 1 aromatic rings. The Morgan fingerprint density at radius 2 is 1.94 bits per heavy atom. The van der Waals surface area contributed by atoms with E-state index in [1.54, 1.807) is 6.07 Å². The van der Waals surface area contributed by atoms with Gasteiger partial charge in [0.05, 0.1) is 5.41 Å². The molecule has 90 valence electrons. The summed E-state index contributed by atoms with van der Waals surface area (Å²) >= 11 is 0. The quantitative estimate of drug-likeness (QED) is 0.804. The second-order valence-electron chi connectivity index (χ2n) is 4.63. The molecule has 2 nitrogen and oxygen atoms in total. The van der Waals surface area contributed by atoms with Gasteiger partial charge in [-0.25, -0.2) is 0 Å². The number of hydrogen-bond acceptors (Lipinski definition) is 1. The van der Waals surface area contributed by atoms with Crippen LogP contribution in [0.4, 0.5) is 13.2 Å². The summed E-state index contributed by atoms with van der Waals surface area (Å²) in [5.74, 6) is -0.278. The molecule has 0 spiro atoms. The molecule has 1 aliphatic heterocycles. The van der Waals surface area contributed by atoms with Crippen LogP contribution in [0.2, 0.25) is 0 Å². The van der Waals surface area contributed by atoms with E-state index in [0.29, 0.717) is 12.1 Å². The highest BCUT2D eigenvalue weighted by Gasteiger charge is 2.64. The number of rotatable bonds is 1. The van der Waals surface area contributed by atoms with Gasteiger partial charge in [-0.05, 0) is 30.0 Å². The van der Waals surface area contributed by atoms with Crippen molar-refractivity contribution in [3.8, 4) is 0 Å². The zero-order valence-electron chi connectivity index (χ0n) is 8.90. The molecule has 0 atom stereocenters. The molecule has 1 N–H and O–H groups in total. The van der Waals surface area contributed by atoms with E-state index in [1.165, 1.54) is 12.1 Å². The Hall–Kier alpha value is -1.52. The summed E-state index contributed by atoms with van der Waals surface area (Å²) in [4.78, 5) is 11.4. The minimum atomic E-state index is -4.23. The second-order valence-corrected chi connectivity index (χ2v) is 4.63. The zero-order chi connectivity index (χ0) is 12.3. The number of hydrogen-bond donors (Lipinski definition) is 1. The van der Waals surface area contributed by atoms with Gasteiger partial charge in [-0.3, -0.25) is 4.79 Å². The number of amides is 1. The van der Waals surface area contributed by atoms with Gasteiger partial charge in [0.25, 0.3) is 5.91 Å². The lowest BCUT2D eigenvalue weighted by Crippen LogP contribution is -2.28. The van der Waals surface area contributed by atoms with Gasteiger partial charge in [0.1, 0.15) is 0 Å². The smallest absolute Gasteiger partial charge is 0.348 e. The Morgan fingerprint density at radius 3 is 2.53 bits per heavy atom. The molecule has 0 unspecified atom stereocenters. The molecule has 0 saturated heterocycles. The summed E-state index contributed by atoms with van der Waals surface area (Å²) in [6.07, 6.45) is -3.98. The fourth-order valence-electron chi connectivity index (χ4n) is 2.37. The minimum Gasteiger partial charge on any atom is -0.348 e. The number of benzene rings is 1. The van der Waals surface area contributed by atoms with Gasteiger partial charge in [-0.15, -0.1) is 0 Å². The molecule has 2 aliphatic rings. The fourth-order valence-corrected chi connectivity index (χ4v) is 2.37. The first-order chi connectivity index (χ1) is 7.94. The molecule has 0 aromatic heterocycles. The number of alkyl halides is 3. The first-order valence-corrected chi connectivity index (χ1v) is 5.42. The third kappa shape index (κ3) is 1.38. The van der Waals surface area contributed by atoms with Gasteiger partial charge in [0.2, 0.25) is 0 Å². The van der Waals surface area contributed by atoms with Crippen molar-refractivity contribution >= 4 is 5.91 Å². The highest BCUT2D eigenvalue weighted by atomic mass is 19.4. The summed E-state index contributed by atoms with van der Waals surface area (Å²) in [5, 5.41) is 2.60. The molecule has 3 rings (SSSR count). The molecule has 1 fully saturated rings. The Labute approximate surface area is 95.8 Å². The summed E-state index contributed by atoms with van der Waals surface area (Å²) in [6, 6.07) is 4.52. The van der Waals surface area contributed by atoms with Crippen molar-refractivity contribution in [1.82, 2.24) is 5.32 Å². The maximum absolute atomic E-state index is 12.9. The van der Waals surface area contributed by atoms with Crippen molar-refractivity contribution in [3.63, 3.8) is 0 Å². The van der Waals surface area contributed by atoms with Crippen molar-refractivity contribution in [2.75, 3.05) is 0 Å². The van der Waals surface area contributed by atoms with Crippen LogP contribution in [0, 0.1) is 0 Å². The lowest BCUT2D eigenvalue weighted by atomic mass is 9.92. The predicted octanol–water partition coefficient (Wildman–Crippen LogP) is 2.52. The Morgan fingerprint density at radius 1 is 1.24 bits per heavy atom. The average molecular weight is 241 g/mol. The molecule has 0 radical (unpaired) electrons. The minimum absolute atomic E-state index is 0.122. The van der Waals surface area contributed by atoms with Crippen molar-refractivity contribution in [3.05, 3.63) is 34.9 Å². The normalized spacial score (nSPS) is 21.0. The van der Waals surface area contributed by atoms with Crippen LogP contribution in [0.1, 0.15) is 34.3 Å². The Balaban J connectivity index is 2.07. The van der Waals surface area contributed by atoms with E-state index >= 15 is 0 Å². The van der Waals surface area contributed by atoms with Crippen molar-refractivity contribution < 1.29 is 18.0 Å². The molecule has 0 bridgehead atoms. The Kier molecular flexibility index (Phi) is 1.89. The van der Waals surface area contributed by atoms with E-state index in [4.69, 9.17) is 0 Å². The van der Waals surface area contributed by atoms with Crippen LogP contribution in [0.15, 0.2) is 18.2 Å². The summed E-state index contributed by atoms with van der Waals surface area (Å²) < 4.78 is 38.8. The molecule has 1 aliphatic carbocycles. The third-order valence-corrected chi connectivity index (χ3v) is 3.64. The SMILES string of the molecule is O=C1NCc2ccc(C3(C(F)(F)F)CC3)cc21. The topological polar surface area (TPSA) is 29.1 Å². The second kappa shape index (κ2) is 3.03. The van der Waals surface area contributed by atoms with Crippen LogP contribution in [-0.2, 0) is 12.0 Å². The van der Waals surface area contributed by atoms with Crippen LogP contribution >= 0.6 is 0 Å². The number of halogens is 3. The molecule has 1 aromatic carbocycles. The molecule has 1 saturated carbocycles. The van der Waals surface area contributed by atoms with Crippen molar-refractivity contribution in [1.29, 1.82) is 0 Å². The van der Waals surface area contributed by atoms with Gasteiger partial charge in [0.15, 0.2) is 0 Å². The molecule has 5 heteroatoms. The lowest BCUT2D eigenvalue weighted by Gasteiger charge is -2.20. The number of carbonyl (C=O) groups excluding carboxylic acids is 1. The molecular weight excluding hydrogens is 231 g/mol. The van der Waals surface area contributed by atoms with Crippen molar-refractivity contribution in [2.24, 2.45) is 0 Å². The number of carbonyl (C=O) groups is 1. The molecule has 17 heavy (non-hydrogen) atoms. The summed E-state index contributed by atoms with van der Waals surface area (Å²) in [6.45, 7) is 0.410. The van der Waals surface area contributed by atoms with E-state index in [1.807, 2.05) is 0 Å². The third-order valence-electron chi connectivity index (χ3n) is 3.64. The van der Waals surface area contributed by atoms with E-state index in [9.17, 15) is 18.0 Å². The maximum atomic E-state index is 12.9. The van der Waals surface area contributed by atoms with Crippen LogP contribution in [-0.4, -0.2) is 12.1 Å². The zero-order valence-corrected chi connectivity index (χ0v) is 8.90. The highest BCUT2D eigenvalue weighted by molar-refractivity contribution is 5.98. The number of fused-ring (bicyclic) bond motifs is 1. The van der Waals surface area contributed by atoms with E-state index in [-0.39, 0.29) is 24.3 Å². The molecular formula is C12H10F3NO. The first-order valence-electron chi connectivity index (χ1n) is 5.42. The van der Waals surface area contributed by atoms with Gasteiger partial charge in [-0.2, -0.15) is 13.2 Å². The summed E-state index contributed by atoms with van der Waals surface area (Å²) in [7, 11) is 0. The molecule has 1 amide bonds. The first kappa shape index (κ1) is 10.6. The van der Waals surface area contributed by atoms with Crippen LogP contribution < -0.4 is 5.32 Å². The Bertz CT molecular complexity index is 503. The van der Waals surface area contributed by atoms with Gasteiger partial charge in [-0.1, -0.05) is 12.1 Å². The standard InChI is InChI=1S/C12H10F3NO/c13-12(14,15)11(3-4-11)8-2-1-7-6-16-10(17)9(7)5-8/h1-2,5H,3-4,6H2,(H,16,17). The monoisotopic (exact) mass is 241 g/mol. The number of nitrogens with one attached hydrogen (secondary N) is 1. The predicted molar refractivity (Wildman–Crippen MR) is 54.6 cm³/mol. The van der Waals surface area contributed by atoms with Gasteiger partial charge in [0, 0.05) is 12.1 Å².